The van der Waals surface area contributed by atoms with Crippen LogP contribution in [0.25, 0.3) is 17.3 Å². The van der Waals surface area contributed by atoms with Crippen molar-refractivity contribution in [1.29, 1.82) is 0 Å². The fourth-order valence-electron chi connectivity index (χ4n) is 3.34. The van der Waals surface area contributed by atoms with Gasteiger partial charge in [0.1, 0.15) is 10.7 Å². The van der Waals surface area contributed by atoms with Crippen LogP contribution in [0.4, 0.5) is 0 Å². The monoisotopic (exact) mass is 460 g/mol. The number of carbonyl (C=O) groups is 2. The summed E-state index contributed by atoms with van der Waals surface area (Å²) in [5.41, 5.74) is 2.35. The van der Waals surface area contributed by atoms with E-state index in [-0.39, 0.29) is 11.8 Å². The van der Waals surface area contributed by atoms with Gasteiger partial charge in [0.15, 0.2) is 11.5 Å². The summed E-state index contributed by atoms with van der Waals surface area (Å²) < 4.78 is 10.0. The first-order chi connectivity index (χ1) is 14.8. The number of thiol groups is 1. The molecule has 9 heteroatoms. The van der Waals surface area contributed by atoms with Gasteiger partial charge in [-0.1, -0.05) is 31.7 Å². The van der Waals surface area contributed by atoms with Gasteiger partial charge in [-0.2, -0.15) is 0 Å². The van der Waals surface area contributed by atoms with Crippen LogP contribution in [0.2, 0.25) is 0 Å². The van der Waals surface area contributed by atoms with E-state index in [1.807, 2.05) is 30.3 Å². The Bertz CT molecular complexity index is 1010. The second-order valence-corrected chi connectivity index (χ2v) is 9.20. The average Bonchev–Trinajstić information content (AvgIpc) is 3.01. The summed E-state index contributed by atoms with van der Waals surface area (Å²) in [4.78, 5) is 30.8. The van der Waals surface area contributed by atoms with Crippen LogP contribution in [-0.2, 0) is 9.59 Å². The number of carboxylic acid groups (broad SMARTS) is 1. The van der Waals surface area contributed by atoms with Gasteiger partial charge >= 0.3 is 5.97 Å². The summed E-state index contributed by atoms with van der Waals surface area (Å²) in [6.45, 7) is 3.55. The Balaban J connectivity index is 1.84. The lowest BCUT2D eigenvalue weighted by Gasteiger charge is -2.29. The van der Waals surface area contributed by atoms with Gasteiger partial charge in [-0.25, -0.2) is 4.79 Å². The summed E-state index contributed by atoms with van der Waals surface area (Å²) >= 11 is 5.66. The Labute approximate surface area is 190 Å². The maximum Gasteiger partial charge on any atom is 0.326 e. The number of methoxy groups -OCH3 is 2. The van der Waals surface area contributed by atoms with Crippen molar-refractivity contribution in [3.8, 4) is 22.8 Å². The number of rotatable bonds is 7. The smallest absolute Gasteiger partial charge is 0.326 e. The molecule has 3 rings (SSSR count). The molecular weight excluding hydrogens is 436 g/mol. The molecule has 1 saturated heterocycles. The zero-order chi connectivity index (χ0) is 22.7. The Kier molecular flexibility index (Phi) is 7.17. The minimum atomic E-state index is -1.04. The number of carboxylic acids is 1. The van der Waals surface area contributed by atoms with E-state index in [1.165, 1.54) is 16.7 Å². The zero-order valence-corrected chi connectivity index (χ0v) is 19.3. The fourth-order valence-corrected chi connectivity index (χ4v) is 4.91. The molecule has 0 bridgehead atoms. The molecule has 2 heterocycles. The van der Waals surface area contributed by atoms with Crippen molar-refractivity contribution < 1.29 is 24.2 Å². The molecule has 0 spiro atoms. The number of aromatic nitrogens is 1. The highest BCUT2D eigenvalue weighted by molar-refractivity contribution is 8.14. The lowest BCUT2D eigenvalue weighted by molar-refractivity contribution is -0.149. The molecule has 7 nitrogen and oxygen atoms in total. The molecule has 0 aliphatic carbocycles. The van der Waals surface area contributed by atoms with Crippen LogP contribution in [0, 0.1) is 5.92 Å². The quantitative estimate of drug-likeness (QED) is 0.477. The van der Waals surface area contributed by atoms with Crippen molar-refractivity contribution in [3.05, 3.63) is 47.0 Å². The van der Waals surface area contributed by atoms with Crippen molar-refractivity contribution in [2.45, 2.75) is 24.6 Å². The second kappa shape index (κ2) is 9.65. The minimum absolute atomic E-state index is 0.238. The fraction of sp³-hybridized carbons (Fsp3) is 0.318. The number of thioether (sulfide) groups is 1. The molecule has 1 fully saturated rings. The average molecular weight is 461 g/mol. The molecule has 1 unspecified atom stereocenters. The molecule has 0 saturated carbocycles. The topological polar surface area (TPSA) is 89.0 Å². The van der Waals surface area contributed by atoms with Crippen molar-refractivity contribution in [2.75, 3.05) is 14.2 Å². The predicted octanol–water partition coefficient (Wildman–Crippen LogP) is 4.00. The zero-order valence-electron chi connectivity index (χ0n) is 17.6. The van der Waals surface area contributed by atoms with Crippen LogP contribution < -0.4 is 9.47 Å². The summed E-state index contributed by atoms with van der Waals surface area (Å²) in [5.74, 6) is -0.367. The van der Waals surface area contributed by atoms with Gasteiger partial charge in [-0.3, -0.25) is 9.78 Å². The van der Waals surface area contributed by atoms with E-state index in [0.717, 1.165) is 16.8 Å². The molecule has 31 heavy (non-hydrogen) atoms. The largest absolute Gasteiger partial charge is 0.493 e. The molecular formula is C22H24N2O5S2. The third-order valence-corrected chi connectivity index (χ3v) is 6.41. The van der Waals surface area contributed by atoms with Gasteiger partial charge in [-0.15, -0.1) is 12.6 Å². The van der Waals surface area contributed by atoms with Crippen LogP contribution >= 0.6 is 24.4 Å². The van der Waals surface area contributed by atoms with Crippen LogP contribution in [-0.4, -0.2) is 51.8 Å². The maximum absolute atomic E-state index is 12.9. The highest BCUT2D eigenvalue weighted by Crippen LogP contribution is 2.40. The number of carbonyl (C=O) groups excluding carboxylic acids is 1. The summed E-state index contributed by atoms with van der Waals surface area (Å²) in [7, 11) is 3.16. The minimum Gasteiger partial charge on any atom is -0.493 e. The molecule has 2 aromatic rings. The molecule has 1 aliphatic rings. The van der Waals surface area contributed by atoms with E-state index in [1.54, 1.807) is 40.3 Å². The first-order valence-corrected chi connectivity index (χ1v) is 11.0. The standard InChI is InChI=1S/C22H24N2O5S2/c1-12(2)19(21(26)27)24-20(25)18(31-22(24)30)9-13-5-7-15(23-11-13)14-6-8-16(28-3)17(10-14)29-4/h5-12,19,22,30H,1-4H3,(H,26,27)/b18-9-/t19-,22?/m0/s1. The van der Waals surface area contributed by atoms with E-state index in [9.17, 15) is 14.7 Å². The second-order valence-electron chi connectivity index (χ2n) is 7.24. The number of ether oxygens (including phenoxy) is 2. The Morgan fingerprint density at radius 1 is 1.23 bits per heavy atom. The number of amides is 1. The van der Waals surface area contributed by atoms with Crippen LogP contribution in [0.15, 0.2) is 41.4 Å². The number of hydrogen-bond acceptors (Lipinski definition) is 7. The number of benzene rings is 1. The molecule has 1 N–H and O–H groups in total. The van der Waals surface area contributed by atoms with E-state index in [2.05, 4.69) is 17.6 Å². The molecule has 1 amide bonds. The third kappa shape index (κ3) is 4.83. The number of hydrogen-bond donors (Lipinski definition) is 2. The van der Waals surface area contributed by atoms with Crippen molar-refractivity contribution in [2.24, 2.45) is 5.92 Å². The molecule has 1 aromatic carbocycles. The van der Waals surface area contributed by atoms with Gasteiger partial charge < -0.3 is 19.5 Å². The summed E-state index contributed by atoms with van der Waals surface area (Å²) in [6.07, 6.45) is 3.38. The maximum atomic E-state index is 12.9. The van der Waals surface area contributed by atoms with Crippen molar-refractivity contribution in [1.82, 2.24) is 9.88 Å². The van der Waals surface area contributed by atoms with E-state index >= 15 is 0 Å². The predicted molar refractivity (Wildman–Crippen MR) is 124 cm³/mol. The molecule has 2 atom stereocenters. The molecule has 1 aliphatic heterocycles. The van der Waals surface area contributed by atoms with Gasteiger partial charge in [0.2, 0.25) is 0 Å². The third-order valence-electron chi connectivity index (χ3n) is 4.86. The van der Waals surface area contributed by atoms with Gasteiger partial charge in [0, 0.05) is 11.8 Å². The first-order valence-electron chi connectivity index (χ1n) is 9.57. The van der Waals surface area contributed by atoms with E-state index in [0.29, 0.717) is 16.4 Å². The lowest BCUT2D eigenvalue weighted by Crippen LogP contribution is -2.47. The first kappa shape index (κ1) is 23.0. The highest BCUT2D eigenvalue weighted by atomic mass is 32.2. The summed E-state index contributed by atoms with van der Waals surface area (Å²) in [6, 6.07) is 8.32. The number of nitrogens with zero attached hydrogens (tertiary/aromatic N) is 2. The SMILES string of the molecule is COc1ccc(-c2ccc(/C=C3\SC(S)N([C@H](C(=O)O)C(C)C)C3=O)cn2)cc1OC. The molecule has 164 valence electrons. The highest BCUT2D eigenvalue weighted by Gasteiger charge is 2.43. The van der Waals surface area contributed by atoms with Crippen LogP contribution in [0.5, 0.6) is 11.5 Å². The normalized spacial score (nSPS) is 18.5. The van der Waals surface area contributed by atoms with Crippen molar-refractivity contribution in [3.63, 3.8) is 0 Å². The van der Waals surface area contributed by atoms with Crippen LogP contribution in [0.3, 0.4) is 0 Å². The van der Waals surface area contributed by atoms with E-state index in [4.69, 9.17) is 9.47 Å². The van der Waals surface area contributed by atoms with E-state index < -0.39 is 16.7 Å². The summed E-state index contributed by atoms with van der Waals surface area (Å²) in [5, 5.41) is 9.54. The lowest BCUT2D eigenvalue weighted by atomic mass is 10.0. The molecule has 0 radical (unpaired) electrons. The number of pyridine rings is 1. The van der Waals surface area contributed by atoms with Gasteiger partial charge in [0.05, 0.1) is 24.8 Å². The number of aliphatic carboxylic acids is 1. The Hall–Kier alpha value is -2.65. The Morgan fingerprint density at radius 3 is 2.48 bits per heavy atom. The van der Waals surface area contributed by atoms with Crippen LogP contribution in [0.1, 0.15) is 19.4 Å². The van der Waals surface area contributed by atoms with Gasteiger partial charge in [0.25, 0.3) is 5.91 Å². The Morgan fingerprint density at radius 2 is 1.94 bits per heavy atom. The van der Waals surface area contributed by atoms with Crippen molar-refractivity contribution >= 4 is 42.3 Å². The van der Waals surface area contributed by atoms with Gasteiger partial charge in [-0.05, 0) is 41.8 Å². The molecule has 1 aromatic heterocycles.